The molecule has 0 amide bonds. The summed E-state index contributed by atoms with van der Waals surface area (Å²) in [5, 5.41) is 6.31. The Hall–Kier alpha value is -3.20. The molecule has 2 atom stereocenters. The van der Waals surface area contributed by atoms with Gasteiger partial charge in [0.2, 0.25) is 0 Å². The first kappa shape index (κ1) is 14.2. The number of nitrogens with zero attached hydrogens (tertiary/aromatic N) is 2. The number of nitrogens with one attached hydrogen (secondary N) is 1. The quantitative estimate of drug-likeness (QED) is 0.568. The van der Waals surface area contributed by atoms with Crippen LogP contribution < -0.4 is 5.32 Å². The Balaban J connectivity index is 1.77. The van der Waals surface area contributed by atoms with Gasteiger partial charge in [0.25, 0.3) is 0 Å². The number of rotatable bonds is 2. The van der Waals surface area contributed by atoms with Gasteiger partial charge in [-0.3, -0.25) is 9.97 Å². The summed E-state index contributed by atoms with van der Waals surface area (Å²) in [6.07, 6.45) is 7.53. The summed E-state index contributed by atoms with van der Waals surface area (Å²) in [4.78, 5) is 8.54. The molecule has 0 saturated carbocycles. The summed E-state index contributed by atoms with van der Waals surface area (Å²) in [6.45, 7) is 0. The summed E-state index contributed by atoms with van der Waals surface area (Å²) >= 11 is 0. The molecule has 2 aromatic heterocycles. The van der Waals surface area contributed by atoms with Crippen molar-refractivity contribution in [3.8, 4) is 0 Å². The van der Waals surface area contributed by atoms with E-state index in [1.807, 2.05) is 30.9 Å². The minimum atomic E-state index is 0.174. The topological polar surface area (TPSA) is 37.8 Å². The highest BCUT2D eigenvalue weighted by molar-refractivity contribution is 5.93. The molecule has 5 rings (SSSR count). The highest BCUT2D eigenvalue weighted by Gasteiger charge is 2.35. The number of fused-ring (bicyclic) bond motifs is 3. The van der Waals surface area contributed by atoms with Crippen molar-refractivity contribution in [3.63, 3.8) is 0 Å². The van der Waals surface area contributed by atoms with Crippen molar-refractivity contribution in [1.29, 1.82) is 0 Å². The second-order valence-electron chi connectivity index (χ2n) is 6.41. The number of benzene rings is 2. The number of hydrogen-bond acceptors (Lipinski definition) is 3. The van der Waals surface area contributed by atoms with E-state index in [0.717, 1.165) is 0 Å². The first-order valence-corrected chi connectivity index (χ1v) is 8.50. The third kappa shape index (κ3) is 2.28. The van der Waals surface area contributed by atoms with Crippen LogP contribution in [-0.4, -0.2) is 9.97 Å². The second-order valence-corrected chi connectivity index (χ2v) is 6.41. The molecular formula is C22H17N3. The molecule has 3 heterocycles. The standard InChI is InChI=1S/C22H17N3/c1-2-6-18-15(4-1)7-8-19-21(18)20(17-5-3-11-24-14-17)22(25-19)16-9-12-23-13-10-16/h1-14,20,22,25H/t20-,22+/m1/s1. The molecule has 3 nitrogen and oxygen atoms in total. The van der Waals surface area contributed by atoms with Gasteiger partial charge < -0.3 is 5.32 Å². The first-order chi connectivity index (χ1) is 12.4. The van der Waals surface area contributed by atoms with Crippen LogP contribution in [0.3, 0.4) is 0 Å². The van der Waals surface area contributed by atoms with E-state index in [4.69, 9.17) is 0 Å². The van der Waals surface area contributed by atoms with Crippen LogP contribution in [0, 0.1) is 0 Å². The van der Waals surface area contributed by atoms with Crippen molar-refractivity contribution in [2.75, 3.05) is 5.32 Å². The van der Waals surface area contributed by atoms with Crippen LogP contribution >= 0.6 is 0 Å². The van der Waals surface area contributed by atoms with E-state index in [1.165, 1.54) is 33.2 Å². The smallest absolute Gasteiger partial charge is 0.0625 e. The van der Waals surface area contributed by atoms with E-state index in [2.05, 4.69) is 69.9 Å². The zero-order valence-electron chi connectivity index (χ0n) is 13.6. The van der Waals surface area contributed by atoms with Gasteiger partial charge in [-0.2, -0.15) is 0 Å². The van der Waals surface area contributed by atoms with Gasteiger partial charge in [0.05, 0.1) is 6.04 Å². The minimum Gasteiger partial charge on any atom is -0.377 e. The SMILES string of the molecule is c1cncc([C@@H]2c3c(ccc4ccccc34)N[C@H]2c2ccncc2)c1. The molecule has 1 aliphatic rings. The molecule has 0 fully saturated rings. The maximum absolute atomic E-state index is 4.37. The van der Waals surface area contributed by atoms with Crippen LogP contribution in [0.1, 0.15) is 28.7 Å². The molecule has 0 saturated heterocycles. The van der Waals surface area contributed by atoms with E-state index in [-0.39, 0.29) is 12.0 Å². The molecule has 2 aromatic carbocycles. The van der Waals surface area contributed by atoms with Crippen molar-refractivity contribution in [3.05, 3.63) is 102 Å². The third-order valence-corrected chi connectivity index (χ3v) is 5.03. The molecular weight excluding hydrogens is 306 g/mol. The molecule has 120 valence electrons. The van der Waals surface area contributed by atoms with Crippen LogP contribution in [0.25, 0.3) is 10.8 Å². The maximum Gasteiger partial charge on any atom is 0.0625 e. The van der Waals surface area contributed by atoms with Gasteiger partial charge in [-0.25, -0.2) is 0 Å². The molecule has 4 aromatic rings. The zero-order chi connectivity index (χ0) is 16.6. The number of aromatic nitrogens is 2. The lowest BCUT2D eigenvalue weighted by Crippen LogP contribution is -2.13. The lowest BCUT2D eigenvalue weighted by molar-refractivity contribution is 0.712. The average molecular weight is 323 g/mol. The fraction of sp³-hybridized carbons (Fsp3) is 0.0909. The van der Waals surface area contributed by atoms with Crippen LogP contribution in [0.2, 0.25) is 0 Å². The van der Waals surface area contributed by atoms with Gasteiger partial charge in [-0.15, -0.1) is 0 Å². The van der Waals surface area contributed by atoms with Crippen LogP contribution in [0.4, 0.5) is 5.69 Å². The second kappa shape index (κ2) is 5.71. The largest absolute Gasteiger partial charge is 0.377 e. The first-order valence-electron chi connectivity index (χ1n) is 8.50. The van der Waals surface area contributed by atoms with Crippen molar-refractivity contribution < 1.29 is 0 Å². The Labute approximate surface area is 146 Å². The van der Waals surface area contributed by atoms with Gasteiger partial charge in [0.1, 0.15) is 0 Å². The maximum atomic E-state index is 4.37. The third-order valence-electron chi connectivity index (χ3n) is 5.03. The van der Waals surface area contributed by atoms with E-state index in [0.29, 0.717) is 0 Å². The Bertz CT molecular complexity index is 1030. The summed E-state index contributed by atoms with van der Waals surface area (Å²) in [5.41, 5.74) is 5.03. The minimum absolute atomic E-state index is 0.174. The fourth-order valence-electron chi connectivity index (χ4n) is 3.94. The highest BCUT2D eigenvalue weighted by atomic mass is 15.0. The molecule has 0 aliphatic carbocycles. The average Bonchev–Trinajstić information content (AvgIpc) is 3.09. The molecule has 0 unspecified atom stereocenters. The molecule has 1 N–H and O–H groups in total. The van der Waals surface area contributed by atoms with Crippen molar-refractivity contribution in [1.82, 2.24) is 9.97 Å². The lowest BCUT2D eigenvalue weighted by Gasteiger charge is -2.21. The molecule has 3 heteroatoms. The van der Waals surface area contributed by atoms with E-state index in [9.17, 15) is 0 Å². The summed E-state index contributed by atoms with van der Waals surface area (Å²) in [5.74, 6) is 0.220. The number of hydrogen-bond donors (Lipinski definition) is 1. The normalized spacial score (nSPS) is 18.7. The van der Waals surface area contributed by atoms with Crippen LogP contribution in [0.15, 0.2) is 85.5 Å². The van der Waals surface area contributed by atoms with Gasteiger partial charge in [-0.05, 0) is 51.7 Å². The lowest BCUT2D eigenvalue weighted by atomic mass is 9.83. The Kier molecular flexibility index (Phi) is 3.23. The van der Waals surface area contributed by atoms with Gasteiger partial charge in [0, 0.05) is 36.4 Å². The monoisotopic (exact) mass is 323 g/mol. The Morgan fingerprint density at radius 2 is 1.60 bits per heavy atom. The summed E-state index contributed by atoms with van der Waals surface area (Å²) in [6, 6.07) is 21.5. The van der Waals surface area contributed by atoms with Crippen molar-refractivity contribution >= 4 is 16.5 Å². The predicted octanol–water partition coefficient (Wildman–Crippen LogP) is 4.93. The predicted molar refractivity (Wildman–Crippen MR) is 101 cm³/mol. The van der Waals surface area contributed by atoms with Gasteiger partial charge >= 0.3 is 0 Å². The van der Waals surface area contributed by atoms with E-state index >= 15 is 0 Å². The molecule has 0 spiro atoms. The fourth-order valence-corrected chi connectivity index (χ4v) is 3.94. The number of anilines is 1. The molecule has 0 bridgehead atoms. The summed E-state index contributed by atoms with van der Waals surface area (Å²) < 4.78 is 0. The highest BCUT2D eigenvalue weighted by Crippen LogP contribution is 2.50. The van der Waals surface area contributed by atoms with Gasteiger partial charge in [-0.1, -0.05) is 36.4 Å². The van der Waals surface area contributed by atoms with Crippen molar-refractivity contribution in [2.45, 2.75) is 12.0 Å². The van der Waals surface area contributed by atoms with Crippen LogP contribution in [0.5, 0.6) is 0 Å². The molecule has 25 heavy (non-hydrogen) atoms. The number of pyridine rings is 2. The summed E-state index contributed by atoms with van der Waals surface area (Å²) in [7, 11) is 0. The molecule has 1 aliphatic heterocycles. The molecule has 0 radical (unpaired) electrons. The Morgan fingerprint density at radius 1 is 0.720 bits per heavy atom. The van der Waals surface area contributed by atoms with E-state index in [1.54, 1.807) is 0 Å². The van der Waals surface area contributed by atoms with Gasteiger partial charge in [0.15, 0.2) is 0 Å². The van der Waals surface area contributed by atoms with E-state index < -0.39 is 0 Å². The van der Waals surface area contributed by atoms with Crippen LogP contribution in [-0.2, 0) is 0 Å². The van der Waals surface area contributed by atoms with Crippen molar-refractivity contribution in [2.24, 2.45) is 0 Å². The zero-order valence-corrected chi connectivity index (χ0v) is 13.6. The Morgan fingerprint density at radius 3 is 2.44 bits per heavy atom.